The van der Waals surface area contributed by atoms with E-state index in [1.54, 1.807) is 36.4 Å². The highest BCUT2D eigenvalue weighted by atomic mass is 35.5. The zero-order chi connectivity index (χ0) is 19.9. The number of alkyl halides is 3. The number of nitrogens with one attached hydrogen (secondary N) is 2. The standard InChI is InChI=1S/C19H20ClF3N2O2/c1-13(16-3-2-4-17(20)9-16)25-18(26)24-10-14-5-7-15(8-6-14)11-27-12-19(21,22)23/h2-9,13H,10-12H2,1H3,(H2,24,25,26). The van der Waals surface area contributed by atoms with Gasteiger partial charge in [-0.3, -0.25) is 0 Å². The Morgan fingerprint density at radius 2 is 1.81 bits per heavy atom. The molecule has 2 aromatic carbocycles. The molecule has 2 N–H and O–H groups in total. The summed E-state index contributed by atoms with van der Waals surface area (Å²) in [4.78, 5) is 12.0. The molecule has 0 aliphatic rings. The lowest BCUT2D eigenvalue weighted by Gasteiger charge is -2.15. The number of amides is 2. The van der Waals surface area contributed by atoms with Crippen molar-refractivity contribution in [2.75, 3.05) is 6.61 Å². The molecular formula is C19H20ClF3N2O2. The van der Waals surface area contributed by atoms with Gasteiger partial charge in [0.2, 0.25) is 0 Å². The van der Waals surface area contributed by atoms with Crippen LogP contribution in [0.5, 0.6) is 0 Å². The summed E-state index contributed by atoms with van der Waals surface area (Å²) in [7, 11) is 0. The van der Waals surface area contributed by atoms with E-state index in [0.29, 0.717) is 10.6 Å². The third kappa shape index (κ3) is 7.88. The highest BCUT2D eigenvalue weighted by molar-refractivity contribution is 6.30. The van der Waals surface area contributed by atoms with Gasteiger partial charge in [0, 0.05) is 11.6 Å². The predicted octanol–water partition coefficient (Wildman–Crippen LogP) is 4.98. The van der Waals surface area contributed by atoms with Crippen molar-refractivity contribution in [1.29, 1.82) is 0 Å². The molecule has 1 unspecified atom stereocenters. The molecule has 27 heavy (non-hydrogen) atoms. The van der Waals surface area contributed by atoms with Crippen molar-refractivity contribution in [3.8, 4) is 0 Å². The lowest BCUT2D eigenvalue weighted by atomic mass is 10.1. The Labute approximate surface area is 160 Å². The third-order valence-corrected chi connectivity index (χ3v) is 3.94. The smallest absolute Gasteiger partial charge is 0.367 e. The Morgan fingerprint density at radius 1 is 1.15 bits per heavy atom. The van der Waals surface area contributed by atoms with Crippen molar-refractivity contribution in [1.82, 2.24) is 10.6 Å². The van der Waals surface area contributed by atoms with Crippen LogP contribution in [-0.2, 0) is 17.9 Å². The van der Waals surface area contributed by atoms with Crippen LogP contribution in [-0.4, -0.2) is 18.8 Å². The predicted molar refractivity (Wildman–Crippen MR) is 97.4 cm³/mol. The molecule has 0 fully saturated rings. The Morgan fingerprint density at radius 3 is 2.44 bits per heavy atom. The van der Waals surface area contributed by atoms with Crippen LogP contribution >= 0.6 is 11.6 Å². The molecule has 146 valence electrons. The number of hydrogen-bond donors (Lipinski definition) is 2. The highest BCUT2D eigenvalue weighted by Crippen LogP contribution is 2.17. The van der Waals surface area contributed by atoms with E-state index in [1.807, 2.05) is 19.1 Å². The second-order valence-electron chi connectivity index (χ2n) is 6.03. The first kappa shape index (κ1) is 21.1. The molecular weight excluding hydrogens is 381 g/mol. The van der Waals surface area contributed by atoms with Gasteiger partial charge in [0.1, 0.15) is 6.61 Å². The van der Waals surface area contributed by atoms with Gasteiger partial charge in [0.05, 0.1) is 12.6 Å². The van der Waals surface area contributed by atoms with Crippen LogP contribution in [0.2, 0.25) is 5.02 Å². The van der Waals surface area contributed by atoms with Crippen molar-refractivity contribution >= 4 is 17.6 Å². The summed E-state index contributed by atoms with van der Waals surface area (Å²) in [6.07, 6.45) is -4.33. The molecule has 2 amide bonds. The highest BCUT2D eigenvalue weighted by Gasteiger charge is 2.27. The number of ether oxygens (including phenoxy) is 1. The number of urea groups is 1. The summed E-state index contributed by atoms with van der Waals surface area (Å²) < 4.78 is 40.7. The average Bonchev–Trinajstić information content (AvgIpc) is 2.60. The minimum absolute atomic E-state index is 0.120. The maximum absolute atomic E-state index is 12.0. The van der Waals surface area contributed by atoms with E-state index in [9.17, 15) is 18.0 Å². The maximum Gasteiger partial charge on any atom is 0.411 e. The summed E-state index contributed by atoms with van der Waals surface area (Å²) in [5.41, 5.74) is 2.34. The van der Waals surface area contributed by atoms with E-state index >= 15 is 0 Å². The fraction of sp³-hybridized carbons (Fsp3) is 0.316. The van der Waals surface area contributed by atoms with Gasteiger partial charge in [0.25, 0.3) is 0 Å². The van der Waals surface area contributed by atoms with E-state index in [0.717, 1.165) is 11.1 Å². The van der Waals surface area contributed by atoms with Crippen LogP contribution in [0.1, 0.15) is 29.7 Å². The van der Waals surface area contributed by atoms with E-state index in [4.69, 9.17) is 11.6 Å². The molecule has 0 heterocycles. The average molecular weight is 401 g/mol. The van der Waals surface area contributed by atoms with Crippen LogP contribution in [0.25, 0.3) is 0 Å². The van der Waals surface area contributed by atoms with Gasteiger partial charge in [0.15, 0.2) is 0 Å². The van der Waals surface area contributed by atoms with Gasteiger partial charge in [-0.25, -0.2) is 4.79 Å². The van der Waals surface area contributed by atoms with Crippen molar-refractivity contribution in [2.24, 2.45) is 0 Å². The van der Waals surface area contributed by atoms with E-state index in [-0.39, 0.29) is 25.2 Å². The number of halogens is 4. The summed E-state index contributed by atoms with van der Waals surface area (Å²) in [5.74, 6) is 0. The van der Waals surface area contributed by atoms with Gasteiger partial charge < -0.3 is 15.4 Å². The summed E-state index contributed by atoms with van der Waals surface area (Å²) in [6.45, 7) is 0.741. The molecule has 8 heteroatoms. The zero-order valence-corrected chi connectivity index (χ0v) is 15.4. The molecule has 0 radical (unpaired) electrons. The minimum Gasteiger partial charge on any atom is -0.367 e. The van der Waals surface area contributed by atoms with Crippen molar-refractivity contribution < 1.29 is 22.7 Å². The van der Waals surface area contributed by atoms with Gasteiger partial charge >= 0.3 is 12.2 Å². The first-order chi connectivity index (χ1) is 12.7. The van der Waals surface area contributed by atoms with Gasteiger partial charge in [-0.1, -0.05) is 48.0 Å². The molecule has 2 rings (SSSR count). The van der Waals surface area contributed by atoms with Gasteiger partial charge in [-0.2, -0.15) is 13.2 Å². The Hall–Kier alpha value is -2.25. The zero-order valence-electron chi connectivity index (χ0n) is 14.6. The third-order valence-electron chi connectivity index (χ3n) is 3.71. The van der Waals surface area contributed by atoms with Gasteiger partial charge in [-0.05, 0) is 35.7 Å². The van der Waals surface area contributed by atoms with E-state index in [1.165, 1.54) is 0 Å². The first-order valence-corrected chi connectivity index (χ1v) is 8.63. The summed E-state index contributed by atoms with van der Waals surface area (Å²) in [6, 6.07) is 13.5. The maximum atomic E-state index is 12.0. The molecule has 0 spiro atoms. The number of carbonyl (C=O) groups is 1. The lowest BCUT2D eigenvalue weighted by molar-refractivity contribution is -0.176. The Balaban J connectivity index is 1.76. The largest absolute Gasteiger partial charge is 0.411 e. The van der Waals surface area contributed by atoms with Crippen LogP contribution in [0.4, 0.5) is 18.0 Å². The molecule has 0 bridgehead atoms. The topological polar surface area (TPSA) is 50.4 Å². The molecule has 0 aromatic heterocycles. The molecule has 0 saturated heterocycles. The molecule has 1 atom stereocenters. The lowest BCUT2D eigenvalue weighted by Crippen LogP contribution is -2.36. The Bertz CT molecular complexity index is 751. The van der Waals surface area contributed by atoms with E-state index in [2.05, 4.69) is 15.4 Å². The van der Waals surface area contributed by atoms with Crippen molar-refractivity contribution in [2.45, 2.75) is 32.3 Å². The van der Waals surface area contributed by atoms with Crippen molar-refractivity contribution in [3.05, 3.63) is 70.2 Å². The fourth-order valence-corrected chi connectivity index (χ4v) is 2.53. The van der Waals surface area contributed by atoms with Crippen LogP contribution in [0, 0.1) is 0 Å². The van der Waals surface area contributed by atoms with Crippen molar-refractivity contribution in [3.63, 3.8) is 0 Å². The number of rotatable bonds is 7. The minimum atomic E-state index is -4.33. The molecule has 4 nitrogen and oxygen atoms in total. The Kier molecular flexibility index (Phi) is 7.50. The second kappa shape index (κ2) is 9.62. The number of benzene rings is 2. The van der Waals surface area contributed by atoms with Crippen LogP contribution < -0.4 is 10.6 Å². The SMILES string of the molecule is CC(NC(=O)NCc1ccc(COCC(F)(F)F)cc1)c1cccc(Cl)c1. The second-order valence-corrected chi connectivity index (χ2v) is 6.46. The monoisotopic (exact) mass is 400 g/mol. The quantitative estimate of drug-likeness (QED) is 0.688. The molecule has 0 saturated carbocycles. The number of hydrogen-bond acceptors (Lipinski definition) is 2. The summed E-state index contributed by atoms with van der Waals surface area (Å²) in [5, 5.41) is 6.14. The fourth-order valence-electron chi connectivity index (χ4n) is 2.33. The van der Waals surface area contributed by atoms with Crippen LogP contribution in [0.3, 0.4) is 0 Å². The normalized spacial score (nSPS) is 12.5. The van der Waals surface area contributed by atoms with Gasteiger partial charge in [-0.15, -0.1) is 0 Å². The van der Waals surface area contributed by atoms with E-state index < -0.39 is 12.8 Å². The van der Waals surface area contributed by atoms with Crippen LogP contribution in [0.15, 0.2) is 48.5 Å². The first-order valence-electron chi connectivity index (χ1n) is 8.25. The number of carbonyl (C=O) groups excluding carboxylic acids is 1. The molecule has 2 aromatic rings. The molecule has 0 aliphatic heterocycles. The molecule has 0 aliphatic carbocycles. The summed E-state index contributed by atoms with van der Waals surface area (Å²) >= 11 is 5.94.